The van der Waals surface area contributed by atoms with Crippen molar-refractivity contribution >= 4 is 5.91 Å². The van der Waals surface area contributed by atoms with Gasteiger partial charge in [0, 0.05) is 25.7 Å². The lowest BCUT2D eigenvalue weighted by atomic mass is 10.1. The lowest BCUT2D eigenvalue weighted by Gasteiger charge is -2.29. The van der Waals surface area contributed by atoms with Crippen LogP contribution < -0.4 is 11.1 Å². The molecule has 1 aliphatic heterocycles. The molecule has 1 unspecified atom stereocenters. The molecule has 0 aromatic rings. The number of amides is 1. The van der Waals surface area contributed by atoms with E-state index in [0.29, 0.717) is 23.9 Å². The highest BCUT2D eigenvalue weighted by molar-refractivity contribution is 5.78. The molecule has 1 heterocycles. The van der Waals surface area contributed by atoms with Crippen LogP contribution in [0.2, 0.25) is 0 Å². The molecular weight excluding hydrogens is 214 g/mol. The van der Waals surface area contributed by atoms with Crippen molar-refractivity contribution in [2.75, 3.05) is 26.2 Å². The summed E-state index contributed by atoms with van der Waals surface area (Å²) in [7, 11) is 0. The number of rotatable bonds is 4. The van der Waals surface area contributed by atoms with E-state index in [4.69, 9.17) is 5.73 Å². The predicted octanol–water partition coefficient (Wildman–Crippen LogP) is 0.572. The molecule has 1 atom stereocenters. The second kappa shape index (κ2) is 4.94. The first-order valence-corrected chi connectivity index (χ1v) is 6.72. The van der Waals surface area contributed by atoms with Crippen LogP contribution in [0, 0.1) is 11.3 Å². The maximum absolute atomic E-state index is 11.8. The molecule has 1 saturated carbocycles. The van der Waals surface area contributed by atoms with Crippen LogP contribution in [0.4, 0.5) is 0 Å². The van der Waals surface area contributed by atoms with Gasteiger partial charge in [0.2, 0.25) is 5.91 Å². The van der Waals surface area contributed by atoms with E-state index >= 15 is 0 Å². The number of nitrogens with zero attached hydrogens (tertiary/aromatic N) is 1. The lowest BCUT2D eigenvalue weighted by Crippen LogP contribution is -2.44. The molecule has 1 amide bonds. The van der Waals surface area contributed by atoms with Crippen LogP contribution in [0.15, 0.2) is 0 Å². The molecule has 0 spiro atoms. The van der Waals surface area contributed by atoms with Crippen molar-refractivity contribution < 1.29 is 4.79 Å². The topological polar surface area (TPSA) is 58.4 Å². The van der Waals surface area contributed by atoms with Gasteiger partial charge < -0.3 is 11.1 Å². The Morgan fingerprint density at radius 3 is 2.53 bits per heavy atom. The van der Waals surface area contributed by atoms with Crippen LogP contribution in [0.3, 0.4) is 0 Å². The molecule has 0 radical (unpaired) electrons. The van der Waals surface area contributed by atoms with Gasteiger partial charge in [-0.1, -0.05) is 13.8 Å². The van der Waals surface area contributed by atoms with Gasteiger partial charge in [-0.3, -0.25) is 9.69 Å². The average Bonchev–Trinajstić information content (AvgIpc) is 2.87. The fourth-order valence-electron chi connectivity index (χ4n) is 2.53. The molecule has 2 aliphatic rings. The first kappa shape index (κ1) is 12.8. The molecule has 4 nitrogen and oxygen atoms in total. The van der Waals surface area contributed by atoms with Crippen molar-refractivity contribution in [3.05, 3.63) is 0 Å². The van der Waals surface area contributed by atoms with E-state index in [2.05, 4.69) is 24.1 Å². The van der Waals surface area contributed by atoms with Crippen molar-refractivity contribution in [3.63, 3.8) is 0 Å². The summed E-state index contributed by atoms with van der Waals surface area (Å²) in [4.78, 5) is 14.0. The van der Waals surface area contributed by atoms with Crippen molar-refractivity contribution in [1.82, 2.24) is 10.2 Å². The number of piperidine rings is 1. The average molecular weight is 239 g/mol. The smallest absolute Gasteiger partial charge is 0.234 e. The van der Waals surface area contributed by atoms with Crippen LogP contribution in [-0.4, -0.2) is 43.0 Å². The molecule has 4 heteroatoms. The van der Waals surface area contributed by atoms with E-state index in [1.807, 2.05) is 0 Å². The largest absolute Gasteiger partial charge is 0.355 e. The van der Waals surface area contributed by atoms with E-state index < -0.39 is 0 Å². The number of carbonyl (C=O) groups excluding carboxylic acids is 1. The molecule has 2 fully saturated rings. The zero-order valence-electron chi connectivity index (χ0n) is 11.0. The number of nitrogens with one attached hydrogen (secondary N) is 1. The van der Waals surface area contributed by atoms with Crippen molar-refractivity contribution in [1.29, 1.82) is 0 Å². The molecule has 0 bridgehead atoms. The molecule has 0 aromatic heterocycles. The number of hydrogen-bond acceptors (Lipinski definition) is 3. The number of hydrogen-bond donors (Lipinski definition) is 2. The highest BCUT2D eigenvalue weighted by atomic mass is 16.2. The molecule has 0 aromatic carbocycles. The summed E-state index contributed by atoms with van der Waals surface area (Å²) in [6, 6.07) is 0.335. The summed E-state index contributed by atoms with van der Waals surface area (Å²) in [5.74, 6) is 0.851. The van der Waals surface area contributed by atoms with Gasteiger partial charge in [-0.25, -0.2) is 0 Å². The normalized spacial score (nSPS) is 29.0. The van der Waals surface area contributed by atoms with Crippen molar-refractivity contribution in [3.8, 4) is 0 Å². The van der Waals surface area contributed by atoms with Gasteiger partial charge in [-0.05, 0) is 30.6 Å². The fourth-order valence-corrected chi connectivity index (χ4v) is 2.53. The SMILES string of the molecule is CC1(C)CC1CNC(=O)CN1CCC(N)CC1. The zero-order valence-corrected chi connectivity index (χ0v) is 11.0. The molecule has 1 saturated heterocycles. The van der Waals surface area contributed by atoms with E-state index in [1.165, 1.54) is 6.42 Å². The van der Waals surface area contributed by atoms with E-state index in [1.54, 1.807) is 0 Å². The van der Waals surface area contributed by atoms with Crippen LogP contribution in [0.1, 0.15) is 33.1 Å². The Hall–Kier alpha value is -0.610. The summed E-state index contributed by atoms with van der Waals surface area (Å²) in [5.41, 5.74) is 6.29. The first-order chi connectivity index (χ1) is 7.97. The molecule has 2 rings (SSSR count). The van der Waals surface area contributed by atoms with E-state index in [9.17, 15) is 4.79 Å². The zero-order chi connectivity index (χ0) is 12.5. The molecule has 3 N–H and O–H groups in total. The third-order valence-electron chi connectivity index (χ3n) is 4.26. The molecule has 1 aliphatic carbocycles. The first-order valence-electron chi connectivity index (χ1n) is 6.72. The summed E-state index contributed by atoms with van der Waals surface area (Å²) in [6.07, 6.45) is 3.28. The lowest BCUT2D eigenvalue weighted by molar-refractivity contribution is -0.122. The summed E-state index contributed by atoms with van der Waals surface area (Å²) in [5, 5.41) is 3.05. The van der Waals surface area contributed by atoms with Gasteiger partial charge in [-0.15, -0.1) is 0 Å². The summed E-state index contributed by atoms with van der Waals surface area (Å²) >= 11 is 0. The van der Waals surface area contributed by atoms with Crippen molar-refractivity contribution in [2.24, 2.45) is 17.1 Å². The second-order valence-corrected chi connectivity index (χ2v) is 6.31. The maximum atomic E-state index is 11.8. The summed E-state index contributed by atoms with van der Waals surface area (Å²) < 4.78 is 0. The van der Waals surface area contributed by atoms with Crippen LogP contribution in [0.25, 0.3) is 0 Å². The maximum Gasteiger partial charge on any atom is 0.234 e. The fraction of sp³-hybridized carbons (Fsp3) is 0.923. The minimum atomic E-state index is 0.170. The second-order valence-electron chi connectivity index (χ2n) is 6.31. The van der Waals surface area contributed by atoms with Gasteiger partial charge in [-0.2, -0.15) is 0 Å². The van der Waals surface area contributed by atoms with Gasteiger partial charge in [0.15, 0.2) is 0 Å². The Balaban J connectivity index is 1.61. The third kappa shape index (κ3) is 3.68. The van der Waals surface area contributed by atoms with E-state index in [-0.39, 0.29) is 5.91 Å². The monoisotopic (exact) mass is 239 g/mol. The highest BCUT2D eigenvalue weighted by Crippen LogP contribution is 2.50. The van der Waals surface area contributed by atoms with Crippen LogP contribution in [0.5, 0.6) is 0 Å². The molecular formula is C13H25N3O. The minimum Gasteiger partial charge on any atom is -0.355 e. The van der Waals surface area contributed by atoms with Crippen LogP contribution in [-0.2, 0) is 4.79 Å². The number of likely N-dealkylation sites (tertiary alicyclic amines) is 1. The molecule has 98 valence electrons. The number of nitrogens with two attached hydrogens (primary N) is 1. The van der Waals surface area contributed by atoms with Crippen molar-refractivity contribution in [2.45, 2.75) is 39.2 Å². The minimum absolute atomic E-state index is 0.170. The standard InChI is InChI=1S/C13H25N3O/c1-13(2)7-10(13)8-15-12(17)9-16-5-3-11(14)4-6-16/h10-11H,3-9,14H2,1-2H3,(H,15,17). The summed E-state index contributed by atoms with van der Waals surface area (Å²) in [6.45, 7) is 7.83. The third-order valence-corrected chi connectivity index (χ3v) is 4.26. The van der Waals surface area contributed by atoms with Gasteiger partial charge >= 0.3 is 0 Å². The Morgan fingerprint density at radius 2 is 2.00 bits per heavy atom. The van der Waals surface area contributed by atoms with E-state index in [0.717, 1.165) is 32.5 Å². The Kier molecular flexibility index (Phi) is 3.73. The predicted molar refractivity (Wildman–Crippen MR) is 68.5 cm³/mol. The van der Waals surface area contributed by atoms with Gasteiger partial charge in [0.05, 0.1) is 6.54 Å². The highest BCUT2D eigenvalue weighted by Gasteiger charge is 2.45. The Morgan fingerprint density at radius 1 is 1.41 bits per heavy atom. The Labute approximate surface area is 104 Å². The molecule has 17 heavy (non-hydrogen) atoms. The van der Waals surface area contributed by atoms with Crippen LogP contribution >= 0.6 is 0 Å². The Bertz CT molecular complexity index is 282. The number of carbonyl (C=O) groups is 1. The quantitative estimate of drug-likeness (QED) is 0.754. The van der Waals surface area contributed by atoms with Gasteiger partial charge in [0.1, 0.15) is 0 Å². The van der Waals surface area contributed by atoms with Gasteiger partial charge in [0.25, 0.3) is 0 Å².